The SMILES string of the molecule is Cc1ccc(SC23CC(C45CC(Sc6ccc(C)cc6)(C4)C5)(C2)C3)cc1. The van der Waals surface area contributed by atoms with Gasteiger partial charge in [0.2, 0.25) is 0 Å². The van der Waals surface area contributed by atoms with Crippen LogP contribution >= 0.6 is 23.5 Å². The van der Waals surface area contributed by atoms with E-state index in [9.17, 15) is 0 Å². The minimum absolute atomic E-state index is 0.599. The van der Waals surface area contributed by atoms with E-state index in [0.29, 0.717) is 9.49 Å². The van der Waals surface area contributed by atoms with E-state index in [-0.39, 0.29) is 0 Å². The predicted octanol–water partition coefficient (Wildman–Crippen LogP) is 7.03. The lowest BCUT2D eigenvalue weighted by atomic mass is 9.23. The maximum Gasteiger partial charge on any atom is 0.0223 e. The van der Waals surface area contributed by atoms with Crippen molar-refractivity contribution >= 4 is 23.5 Å². The third-order valence-electron chi connectivity index (χ3n) is 7.80. The number of hydrogen-bond acceptors (Lipinski definition) is 2. The van der Waals surface area contributed by atoms with Gasteiger partial charge in [-0.25, -0.2) is 0 Å². The van der Waals surface area contributed by atoms with Crippen molar-refractivity contribution in [2.45, 2.75) is 71.7 Å². The Morgan fingerprint density at radius 1 is 0.538 bits per heavy atom. The summed E-state index contributed by atoms with van der Waals surface area (Å²) in [6, 6.07) is 18.3. The van der Waals surface area contributed by atoms with Crippen LogP contribution in [0.1, 0.15) is 49.7 Å². The topological polar surface area (TPSA) is 0 Å². The van der Waals surface area contributed by atoms with Gasteiger partial charge in [-0.3, -0.25) is 0 Å². The molecule has 6 aliphatic rings. The minimum Gasteiger partial charge on any atom is -0.119 e. The Balaban J connectivity index is 1.07. The van der Waals surface area contributed by atoms with Gasteiger partial charge >= 0.3 is 0 Å². The van der Waals surface area contributed by atoms with E-state index in [1.807, 2.05) is 0 Å². The first-order valence-corrected chi connectivity index (χ1v) is 11.6. The first-order valence-electron chi connectivity index (χ1n) is 9.95. The van der Waals surface area contributed by atoms with Gasteiger partial charge in [0.1, 0.15) is 0 Å². The molecule has 0 unspecified atom stereocenters. The van der Waals surface area contributed by atoms with Crippen LogP contribution in [0.5, 0.6) is 0 Å². The Morgan fingerprint density at radius 3 is 1.15 bits per heavy atom. The van der Waals surface area contributed by atoms with Crippen LogP contribution in [0.15, 0.2) is 58.3 Å². The van der Waals surface area contributed by atoms with Crippen molar-refractivity contribution in [1.29, 1.82) is 0 Å². The first-order chi connectivity index (χ1) is 12.4. The van der Waals surface area contributed by atoms with E-state index < -0.39 is 0 Å². The molecule has 2 aromatic carbocycles. The molecular weight excluding hydrogens is 352 g/mol. The molecule has 134 valence electrons. The predicted molar refractivity (Wildman–Crippen MR) is 112 cm³/mol. The quantitative estimate of drug-likeness (QED) is 0.547. The largest absolute Gasteiger partial charge is 0.119 e. The lowest BCUT2D eigenvalue weighted by Gasteiger charge is -2.87. The van der Waals surface area contributed by atoms with Crippen molar-refractivity contribution in [3.63, 3.8) is 0 Å². The van der Waals surface area contributed by atoms with E-state index in [0.717, 1.165) is 10.8 Å². The molecule has 8 rings (SSSR count). The van der Waals surface area contributed by atoms with E-state index in [1.54, 1.807) is 0 Å². The van der Waals surface area contributed by atoms with Gasteiger partial charge in [0.05, 0.1) is 0 Å². The normalized spacial score (nSPS) is 41.5. The first kappa shape index (κ1) is 16.1. The van der Waals surface area contributed by atoms with Crippen LogP contribution in [-0.2, 0) is 0 Å². The Hall–Kier alpha value is -0.860. The molecule has 0 saturated heterocycles. The fourth-order valence-electron chi connectivity index (χ4n) is 6.44. The zero-order chi connectivity index (χ0) is 17.6. The Kier molecular flexibility index (Phi) is 3.07. The lowest BCUT2D eigenvalue weighted by molar-refractivity contribution is -0.283. The molecular formula is C24H26S2. The standard InChI is InChI=1S/C24H26S2/c1-17-3-7-19(8-4-17)25-23-11-21(12-23,13-23)22-14-24(15-22,16-22)26-20-9-5-18(2)6-10-20/h3-10H,11-16H2,1-2H3. The fraction of sp³-hybridized carbons (Fsp3) is 0.500. The molecule has 0 aromatic heterocycles. The molecule has 4 bridgehead atoms. The molecule has 0 aliphatic heterocycles. The number of benzene rings is 2. The highest BCUT2D eigenvalue weighted by Crippen LogP contribution is 2.91. The second-order valence-electron chi connectivity index (χ2n) is 9.82. The van der Waals surface area contributed by atoms with Crippen molar-refractivity contribution in [2.24, 2.45) is 10.8 Å². The second kappa shape index (κ2) is 4.94. The Morgan fingerprint density at radius 2 is 0.846 bits per heavy atom. The smallest absolute Gasteiger partial charge is 0.0223 e. The van der Waals surface area contributed by atoms with Crippen molar-refractivity contribution in [3.8, 4) is 0 Å². The van der Waals surface area contributed by atoms with E-state index >= 15 is 0 Å². The van der Waals surface area contributed by atoms with Gasteiger partial charge in [0.15, 0.2) is 0 Å². The molecule has 6 fully saturated rings. The molecule has 0 atom stereocenters. The van der Waals surface area contributed by atoms with Crippen LogP contribution in [0.2, 0.25) is 0 Å². The molecule has 0 spiro atoms. The molecule has 0 N–H and O–H groups in total. The molecule has 26 heavy (non-hydrogen) atoms. The highest BCUT2D eigenvalue weighted by Gasteiger charge is 2.84. The van der Waals surface area contributed by atoms with Crippen LogP contribution in [-0.4, -0.2) is 9.49 Å². The van der Waals surface area contributed by atoms with Gasteiger partial charge in [0, 0.05) is 19.3 Å². The molecule has 2 aromatic rings. The molecule has 2 heteroatoms. The summed E-state index contributed by atoms with van der Waals surface area (Å²) >= 11 is 4.34. The summed E-state index contributed by atoms with van der Waals surface area (Å²) in [4.78, 5) is 2.96. The molecule has 0 nitrogen and oxygen atoms in total. The van der Waals surface area contributed by atoms with Crippen molar-refractivity contribution < 1.29 is 0 Å². The number of hydrogen-bond donors (Lipinski definition) is 0. The molecule has 0 amide bonds. The minimum atomic E-state index is 0.599. The third-order valence-corrected chi connectivity index (χ3v) is 10.5. The maximum atomic E-state index is 2.32. The fourth-order valence-corrected chi connectivity index (χ4v) is 10.1. The van der Waals surface area contributed by atoms with Gasteiger partial charge in [-0.05, 0) is 87.5 Å². The summed E-state index contributed by atoms with van der Waals surface area (Å²) in [6.07, 6.45) is 8.94. The molecule has 6 saturated carbocycles. The van der Waals surface area contributed by atoms with Crippen LogP contribution in [0.25, 0.3) is 0 Å². The highest BCUT2D eigenvalue weighted by atomic mass is 32.2. The summed E-state index contributed by atoms with van der Waals surface area (Å²) in [7, 11) is 0. The molecule has 6 aliphatic carbocycles. The maximum absolute atomic E-state index is 2.32. The van der Waals surface area contributed by atoms with E-state index in [1.165, 1.54) is 59.4 Å². The van der Waals surface area contributed by atoms with Gasteiger partial charge < -0.3 is 0 Å². The van der Waals surface area contributed by atoms with Crippen LogP contribution < -0.4 is 0 Å². The molecule has 0 heterocycles. The van der Waals surface area contributed by atoms with Gasteiger partial charge in [-0.15, -0.1) is 23.5 Å². The third kappa shape index (κ3) is 2.06. The number of aryl methyl sites for hydroxylation is 2. The van der Waals surface area contributed by atoms with Crippen LogP contribution in [0.4, 0.5) is 0 Å². The zero-order valence-electron chi connectivity index (χ0n) is 15.7. The van der Waals surface area contributed by atoms with Crippen LogP contribution in [0, 0.1) is 24.7 Å². The average Bonchev–Trinajstić information content (AvgIpc) is 2.48. The summed E-state index contributed by atoms with van der Waals surface area (Å²) in [6.45, 7) is 4.36. The summed E-state index contributed by atoms with van der Waals surface area (Å²) in [5.74, 6) is 0. The number of rotatable bonds is 5. The van der Waals surface area contributed by atoms with Gasteiger partial charge in [-0.1, -0.05) is 35.4 Å². The van der Waals surface area contributed by atoms with Crippen molar-refractivity contribution in [3.05, 3.63) is 59.7 Å². The number of thioether (sulfide) groups is 2. The van der Waals surface area contributed by atoms with Crippen molar-refractivity contribution in [1.82, 2.24) is 0 Å². The van der Waals surface area contributed by atoms with Gasteiger partial charge in [-0.2, -0.15) is 0 Å². The summed E-state index contributed by atoms with van der Waals surface area (Å²) in [5.41, 5.74) is 4.21. The Bertz CT molecular complexity index is 762. The zero-order valence-corrected chi connectivity index (χ0v) is 17.3. The average molecular weight is 379 g/mol. The second-order valence-corrected chi connectivity index (χ2v) is 12.9. The van der Waals surface area contributed by atoms with Gasteiger partial charge in [0.25, 0.3) is 0 Å². The summed E-state index contributed by atoms with van der Waals surface area (Å²) in [5, 5.41) is 0. The van der Waals surface area contributed by atoms with Crippen molar-refractivity contribution in [2.75, 3.05) is 0 Å². The van der Waals surface area contributed by atoms with Crippen LogP contribution in [0.3, 0.4) is 0 Å². The lowest BCUT2D eigenvalue weighted by Crippen LogP contribution is -2.82. The van der Waals surface area contributed by atoms with E-state index in [2.05, 4.69) is 85.9 Å². The highest BCUT2D eigenvalue weighted by molar-refractivity contribution is 8.01. The monoisotopic (exact) mass is 378 g/mol. The molecule has 0 radical (unpaired) electrons. The summed E-state index contributed by atoms with van der Waals surface area (Å²) < 4.78 is 1.20. The van der Waals surface area contributed by atoms with E-state index in [4.69, 9.17) is 0 Å². The Labute approximate surface area is 165 Å².